The molecule has 0 aromatic carbocycles. The highest BCUT2D eigenvalue weighted by Gasteiger charge is 2.29. The van der Waals surface area contributed by atoms with E-state index in [0.717, 1.165) is 0 Å². The number of amides is 2. The molecule has 0 spiro atoms. The number of nitrogens with one attached hydrogen (secondary N) is 1. The normalized spacial score (nSPS) is 19.1. The van der Waals surface area contributed by atoms with Crippen LogP contribution in [0.3, 0.4) is 0 Å². The standard InChI is InChI=1S/C12H10N4O4/c17-10-2-1-7(11(18)15-10)6-3-8(12(19)20)16-9(4-6)13-5-14-16/h3-5,7H,1-2H2,(H,19,20)(H,15,17,18). The van der Waals surface area contributed by atoms with E-state index in [1.54, 1.807) is 6.07 Å². The molecule has 8 heteroatoms. The lowest BCUT2D eigenvalue weighted by atomic mass is 9.90. The maximum atomic E-state index is 11.8. The molecule has 1 unspecified atom stereocenters. The minimum Gasteiger partial charge on any atom is -0.477 e. The zero-order valence-electron chi connectivity index (χ0n) is 10.2. The number of hydrogen-bond acceptors (Lipinski definition) is 5. The van der Waals surface area contributed by atoms with Gasteiger partial charge in [0.1, 0.15) is 6.33 Å². The lowest BCUT2D eigenvalue weighted by molar-refractivity contribution is -0.134. The van der Waals surface area contributed by atoms with Crippen molar-refractivity contribution in [1.82, 2.24) is 19.9 Å². The fraction of sp³-hybridized carbons (Fsp3) is 0.250. The van der Waals surface area contributed by atoms with E-state index >= 15 is 0 Å². The second-order valence-corrected chi connectivity index (χ2v) is 4.51. The summed E-state index contributed by atoms with van der Waals surface area (Å²) in [5.41, 5.74) is 0.803. The molecule has 2 amide bonds. The van der Waals surface area contributed by atoms with Crippen LogP contribution >= 0.6 is 0 Å². The smallest absolute Gasteiger partial charge is 0.354 e. The predicted octanol–water partition coefficient (Wildman–Crippen LogP) is -0.0523. The SMILES string of the molecule is O=C1CCC(c2cc(C(=O)O)n3ncnc3c2)C(=O)N1. The van der Waals surface area contributed by atoms with E-state index in [0.29, 0.717) is 17.6 Å². The minimum absolute atomic E-state index is 0.0697. The van der Waals surface area contributed by atoms with Crippen LogP contribution < -0.4 is 5.32 Å². The van der Waals surface area contributed by atoms with E-state index in [9.17, 15) is 19.5 Å². The highest BCUT2D eigenvalue weighted by molar-refractivity contribution is 6.01. The van der Waals surface area contributed by atoms with E-state index in [-0.39, 0.29) is 18.0 Å². The summed E-state index contributed by atoms with van der Waals surface area (Å²) in [7, 11) is 0. The van der Waals surface area contributed by atoms with Crippen molar-refractivity contribution in [2.75, 3.05) is 0 Å². The number of piperidine rings is 1. The van der Waals surface area contributed by atoms with E-state index in [1.165, 1.54) is 16.9 Å². The van der Waals surface area contributed by atoms with Crippen molar-refractivity contribution in [1.29, 1.82) is 0 Å². The molecule has 20 heavy (non-hydrogen) atoms. The number of carboxylic acid groups (broad SMARTS) is 1. The van der Waals surface area contributed by atoms with E-state index in [2.05, 4.69) is 15.4 Å². The monoisotopic (exact) mass is 274 g/mol. The first-order valence-electron chi connectivity index (χ1n) is 5.97. The number of imide groups is 1. The number of hydrogen-bond donors (Lipinski definition) is 2. The van der Waals surface area contributed by atoms with Gasteiger partial charge in [0.05, 0.1) is 5.92 Å². The number of carbonyl (C=O) groups is 3. The van der Waals surface area contributed by atoms with Gasteiger partial charge in [-0.2, -0.15) is 5.10 Å². The van der Waals surface area contributed by atoms with Crippen molar-refractivity contribution in [3.8, 4) is 0 Å². The van der Waals surface area contributed by atoms with Gasteiger partial charge in [-0.05, 0) is 24.1 Å². The van der Waals surface area contributed by atoms with Crippen molar-refractivity contribution >= 4 is 23.4 Å². The quantitative estimate of drug-likeness (QED) is 0.742. The summed E-state index contributed by atoms with van der Waals surface area (Å²) in [5, 5.41) is 15.3. The summed E-state index contributed by atoms with van der Waals surface area (Å²) in [4.78, 5) is 38.2. The lowest BCUT2D eigenvalue weighted by Crippen LogP contribution is -2.39. The van der Waals surface area contributed by atoms with Crippen LogP contribution in [-0.2, 0) is 9.59 Å². The van der Waals surface area contributed by atoms with Gasteiger partial charge in [-0.3, -0.25) is 14.9 Å². The zero-order chi connectivity index (χ0) is 14.3. The Balaban J connectivity index is 2.10. The van der Waals surface area contributed by atoms with Crippen LogP contribution in [0.2, 0.25) is 0 Å². The molecule has 0 saturated carbocycles. The van der Waals surface area contributed by atoms with Gasteiger partial charge in [0, 0.05) is 6.42 Å². The molecule has 1 saturated heterocycles. The summed E-state index contributed by atoms with van der Waals surface area (Å²) in [6, 6.07) is 3.00. The fourth-order valence-corrected chi connectivity index (χ4v) is 2.31. The predicted molar refractivity (Wildman–Crippen MR) is 65.1 cm³/mol. The molecule has 1 aliphatic heterocycles. The van der Waals surface area contributed by atoms with Gasteiger partial charge in [-0.15, -0.1) is 0 Å². The number of rotatable bonds is 2. The van der Waals surface area contributed by atoms with Crippen LogP contribution in [0, 0.1) is 0 Å². The number of aromatic nitrogens is 3. The van der Waals surface area contributed by atoms with Gasteiger partial charge in [0.25, 0.3) is 0 Å². The molecule has 3 heterocycles. The van der Waals surface area contributed by atoms with Crippen molar-refractivity contribution in [3.05, 3.63) is 29.7 Å². The highest BCUT2D eigenvalue weighted by Crippen LogP contribution is 2.26. The first-order chi connectivity index (χ1) is 9.56. The molecule has 2 N–H and O–H groups in total. The van der Waals surface area contributed by atoms with Crippen LogP contribution in [-0.4, -0.2) is 37.5 Å². The Kier molecular flexibility index (Phi) is 2.70. The van der Waals surface area contributed by atoms with Crippen molar-refractivity contribution in [3.63, 3.8) is 0 Å². The molecule has 2 aromatic rings. The first-order valence-corrected chi connectivity index (χ1v) is 5.97. The molecule has 2 aromatic heterocycles. The van der Waals surface area contributed by atoms with E-state index in [4.69, 9.17) is 0 Å². The third kappa shape index (κ3) is 1.91. The van der Waals surface area contributed by atoms with Crippen LogP contribution in [0.1, 0.15) is 34.8 Å². The van der Waals surface area contributed by atoms with Crippen LogP contribution in [0.25, 0.3) is 5.65 Å². The Hall–Kier alpha value is -2.77. The number of carbonyl (C=O) groups excluding carboxylic acids is 2. The molecule has 0 bridgehead atoms. The number of carboxylic acids is 1. The summed E-state index contributed by atoms with van der Waals surface area (Å²) < 4.78 is 1.19. The van der Waals surface area contributed by atoms with Crippen LogP contribution in [0.5, 0.6) is 0 Å². The van der Waals surface area contributed by atoms with Gasteiger partial charge in [-0.1, -0.05) is 0 Å². The topological polar surface area (TPSA) is 114 Å². The molecule has 0 aliphatic carbocycles. The van der Waals surface area contributed by atoms with Crippen molar-refractivity contribution < 1.29 is 19.5 Å². The molecular formula is C12H10N4O4. The van der Waals surface area contributed by atoms with Crippen molar-refractivity contribution in [2.45, 2.75) is 18.8 Å². The lowest BCUT2D eigenvalue weighted by Gasteiger charge is -2.21. The van der Waals surface area contributed by atoms with Gasteiger partial charge in [0.2, 0.25) is 11.8 Å². The maximum Gasteiger partial charge on any atom is 0.354 e. The second-order valence-electron chi connectivity index (χ2n) is 4.51. The van der Waals surface area contributed by atoms with Gasteiger partial charge in [0.15, 0.2) is 11.3 Å². The Morgan fingerprint density at radius 1 is 1.40 bits per heavy atom. The number of aromatic carboxylic acids is 1. The molecule has 1 fully saturated rings. The Morgan fingerprint density at radius 3 is 2.90 bits per heavy atom. The summed E-state index contributed by atoms with van der Waals surface area (Å²) in [6.07, 6.45) is 1.83. The molecule has 1 aliphatic rings. The van der Waals surface area contributed by atoms with Gasteiger partial charge in [-0.25, -0.2) is 14.3 Å². The summed E-state index contributed by atoms with van der Waals surface area (Å²) >= 11 is 0. The molecule has 102 valence electrons. The molecule has 0 radical (unpaired) electrons. The average molecular weight is 274 g/mol. The summed E-state index contributed by atoms with van der Waals surface area (Å²) in [5.74, 6) is -2.43. The number of pyridine rings is 1. The second kappa shape index (κ2) is 4.41. The van der Waals surface area contributed by atoms with Crippen LogP contribution in [0.4, 0.5) is 0 Å². The summed E-state index contributed by atoms with van der Waals surface area (Å²) in [6.45, 7) is 0. The van der Waals surface area contributed by atoms with Crippen LogP contribution in [0.15, 0.2) is 18.5 Å². The first kappa shape index (κ1) is 12.3. The van der Waals surface area contributed by atoms with E-state index < -0.39 is 17.8 Å². The largest absolute Gasteiger partial charge is 0.477 e. The average Bonchev–Trinajstić information content (AvgIpc) is 2.85. The fourth-order valence-electron chi connectivity index (χ4n) is 2.31. The van der Waals surface area contributed by atoms with Gasteiger partial charge >= 0.3 is 5.97 Å². The third-order valence-electron chi connectivity index (χ3n) is 3.26. The highest BCUT2D eigenvalue weighted by atomic mass is 16.4. The van der Waals surface area contributed by atoms with E-state index in [1.807, 2.05) is 0 Å². The minimum atomic E-state index is -1.16. The zero-order valence-corrected chi connectivity index (χ0v) is 10.2. The molecule has 8 nitrogen and oxygen atoms in total. The Bertz CT molecular complexity index is 736. The Labute approximate surface area is 112 Å². The van der Waals surface area contributed by atoms with Crippen molar-refractivity contribution in [2.24, 2.45) is 0 Å². The van der Waals surface area contributed by atoms with Gasteiger partial charge < -0.3 is 5.11 Å². The third-order valence-corrected chi connectivity index (χ3v) is 3.26. The Morgan fingerprint density at radius 2 is 2.20 bits per heavy atom. The molecular weight excluding hydrogens is 264 g/mol. The number of nitrogens with zero attached hydrogens (tertiary/aromatic N) is 3. The maximum absolute atomic E-state index is 11.8. The molecule has 3 rings (SSSR count). The number of fused-ring (bicyclic) bond motifs is 1. The molecule has 1 atom stereocenters.